The number of ether oxygens (including phenoxy) is 2. The smallest absolute Gasteiger partial charge is 0.255 e. The minimum Gasteiger partial charge on any atom is -0.454 e. The molecule has 2 heterocycles. The van der Waals surface area contributed by atoms with Crippen molar-refractivity contribution in [3.8, 4) is 11.5 Å². The van der Waals surface area contributed by atoms with E-state index in [-0.39, 0.29) is 24.0 Å². The van der Waals surface area contributed by atoms with Gasteiger partial charge in [0.25, 0.3) is 5.91 Å². The Morgan fingerprint density at radius 1 is 0.969 bits per heavy atom. The lowest BCUT2D eigenvalue weighted by Crippen LogP contribution is -2.27. The molecule has 1 saturated heterocycles. The molecule has 2 amide bonds. The Morgan fingerprint density at radius 3 is 2.53 bits per heavy atom. The number of rotatable bonds is 4. The van der Waals surface area contributed by atoms with E-state index < -0.39 is 0 Å². The molecule has 0 aliphatic carbocycles. The third-order valence-electron chi connectivity index (χ3n) is 5.73. The average Bonchev–Trinajstić information content (AvgIpc) is 3.42. The van der Waals surface area contributed by atoms with Crippen LogP contribution in [0.15, 0.2) is 60.7 Å². The fourth-order valence-electron chi connectivity index (χ4n) is 3.80. The lowest BCUT2D eigenvalue weighted by Gasteiger charge is -2.25. The van der Waals surface area contributed by atoms with Crippen molar-refractivity contribution in [2.75, 3.05) is 22.8 Å². The molecule has 5 rings (SSSR count). The Bertz CT molecular complexity index is 1210. The van der Waals surface area contributed by atoms with Gasteiger partial charge in [-0.25, -0.2) is 0 Å². The maximum absolute atomic E-state index is 12.6. The van der Waals surface area contributed by atoms with Crippen LogP contribution in [0.1, 0.15) is 32.4 Å². The molecular weight excluding hydrogens is 424 g/mol. The summed E-state index contributed by atoms with van der Waals surface area (Å²) in [7, 11) is 0. The van der Waals surface area contributed by atoms with Crippen molar-refractivity contribution in [2.45, 2.75) is 19.2 Å². The molecule has 0 aromatic heterocycles. The molecule has 3 aromatic carbocycles. The monoisotopic (exact) mass is 446 g/mol. The molecule has 0 unspecified atom stereocenters. The molecule has 2 aliphatic rings. The van der Waals surface area contributed by atoms with Crippen molar-refractivity contribution >= 4 is 35.0 Å². The lowest BCUT2D eigenvalue weighted by molar-refractivity contribution is -0.115. The molecule has 162 valence electrons. The van der Waals surface area contributed by atoms with E-state index in [0.717, 1.165) is 16.8 Å². The van der Waals surface area contributed by atoms with E-state index in [2.05, 4.69) is 25.2 Å². The summed E-state index contributed by atoms with van der Waals surface area (Å²) in [6.07, 6.45) is 0. The van der Waals surface area contributed by atoms with Crippen LogP contribution in [0.25, 0.3) is 0 Å². The molecule has 0 bridgehead atoms. The number of carbonyl (C=O) groups excluding carboxylic acids is 2. The van der Waals surface area contributed by atoms with Crippen molar-refractivity contribution in [3.63, 3.8) is 0 Å². The highest BCUT2D eigenvalue weighted by atomic mass is 32.2. The third kappa shape index (κ3) is 3.80. The first-order valence-corrected chi connectivity index (χ1v) is 11.4. The quantitative estimate of drug-likeness (QED) is 0.607. The highest BCUT2D eigenvalue weighted by Gasteiger charge is 2.34. The van der Waals surface area contributed by atoms with E-state index in [1.54, 1.807) is 30.0 Å². The van der Waals surface area contributed by atoms with Crippen LogP contribution >= 0.6 is 11.8 Å². The maximum Gasteiger partial charge on any atom is 0.255 e. The van der Waals surface area contributed by atoms with Gasteiger partial charge in [-0.2, -0.15) is 0 Å². The first kappa shape index (κ1) is 20.5. The molecule has 3 aromatic rings. The Kier molecular flexibility index (Phi) is 5.27. The molecule has 1 atom stereocenters. The summed E-state index contributed by atoms with van der Waals surface area (Å²) in [5, 5.41) is 2.82. The fraction of sp³-hybridized carbons (Fsp3) is 0.200. The normalized spacial score (nSPS) is 17.0. The van der Waals surface area contributed by atoms with Crippen LogP contribution in [0.3, 0.4) is 0 Å². The van der Waals surface area contributed by atoms with Gasteiger partial charge in [-0.3, -0.25) is 14.5 Å². The second-order valence-electron chi connectivity index (χ2n) is 7.84. The molecule has 2 aliphatic heterocycles. The van der Waals surface area contributed by atoms with Crippen molar-refractivity contribution in [1.82, 2.24) is 0 Å². The largest absolute Gasteiger partial charge is 0.454 e. The molecule has 6 nitrogen and oxygen atoms in total. The Hall–Kier alpha value is -3.45. The summed E-state index contributed by atoms with van der Waals surface area (Å²) < 4.78 is 10.6. The Labute approximate surface area is 190 Å². The van der Waals surface area contributed by atoms with Gasteiger partial charge in [0.05, 0.1) is 5.75 Å². The number of amides is 2. The second-order valence-corrected chi connectivity index (χ2v) is 8.91. The van der Waals surface area contributed by atoms with Crippen LogP contribution in [0.5, 0.6) is 11.5 Å². The first-order chi connectivity index (χ1) is 15.5. The van der Waals surface area contributed by atoms with Crippen molar-refractivity contribution < 1.29 is 19.1 Å². The summed E-state index contributed by atoms with van der Waals surface area (Å²) >= 11 is 1.61. The predicted octanol–water partition coefficient (Wildman–Crippen LogP) is 5.06. The van der Waals surface area contributed by atoms with E-state index in [1.165, 1.54) is 5.56 Å². The summed E-state index contributed by atoms with van der Waals surface area (Å²) in [6, 6.07) is 18.9. The van der Waals surface area contributed by atoms with E-state index in [0.29, 0.717) is 28.5 Å². The summed E-state index contributed by atoms with van der Waals surface area (Å²) in [6.45, 7) is 4.29. The van der Waals surface area contributed by atoms with Gasteiger partial charge in [-0.05, 0) is 73.0 Å². The fourth-order valence-corrected chi connectivity index (χ4v) is 4.97. The number of carbonyl (C=O) groups is 2. The number of nitrogens with zero attached hydrogens (tertiary/aromatic N) is 1. The van der Waals surface area contributed by atoms with Gasteiger partial charge in [0.1, 0.15) is 5.37 Å². The predicted molar refractivity (Wildman–Crippen MR) is 126 cm³/mol. The topological polar surface area (TPSA) is 67.9 Å². The zero-order chi connectivity index (χ0) is 22.2. The van der Waals surface area contributed by atoms with Crippen LogP contribution in [0, 0.1) is 13.8 Å². The first-order valence-electron chi connectivity index (χ1n) is 10.3. The van der Waals surface area contributed by atoms with Gasteiger partial charge >= 0.3 is 0 Å². The SMILES string of the molecule is Cc1ccc(N2C(=O)CS[C@H]2c2ccc(NC(=O)c3ccc4c(c3)OCO4)cc2)cc1C. The number of aryl methyl sites for hydroxylation is 2. The van der Waals surface area contributed by atoms with Crippen LogP contribution in [-0.2, 0) is 4.79 Å². The summed E-state index contributed by atoms with van der Waals surface area (Å²) in [4.78, 5) is 27.1. The molecule has 1 fully saturated rings. The number of hydrogen-bond acceptors (Lipinski definition) is 5. The minimum absolute atomic E-state index is 0.0942. The number of fused-ring (bicyclic) bond motifs is 1. The molecule has 0 spiro atoms. The summed E-state index contributed by atoms with van der Waals surface area (Å²) in [5.41, 5.74) is 5.47. The second kappa shape index (κ2) is 8.24. The molecule has 0 radical (unpaired) electrons. The van der Waals surface area contributed by atoms with Crippen LogP contribution in [-0.4, -0.2) is 24.4 Å². The van der Waals surface area contributed by atoms with Gasteiger partial charge in [0, 0.05) is 16.9 Å². The number of thioether (sulfide) groups is 1. The van der Waals surface area contributed by atoms with Crippen molar-refractivity contribution in [3.05, 3.63) is 82.9 Å². The Morgan fingerprint density at radius 2 is 1.75 bits per heavy atom. The van der Waals surface area contributed by atoms with E-state index >= 15 is 0 Å². The molecule has 1 N–H and O–H groups in total. The summed E-state index contributed by atoms with van der Waals surface area (Å²) in [5.74, 6) is 1.53. The van der Waals surface area contributed by atoms with E-state index in [9.17, 15) is 9.59 Å². The van der Waals surface area contributed by atoms with Crippen molar-refractivity contribution in [1.29, 1.82) is 0 Å². The van der Waals surface area contributed by atoms with Crippen LogP contribution < -0.4 is 19.7 Å². The van der Waals surface area contributed by atoms with Gasteiger partial charge in [-0.15, -0.1) is 11.8 Å². The molecule has 32 heavy (non-hydrogen) atoms. The Balaban J connectivity index is 1.33. The molecule has 7 heteroatoms. The van der Waals surface area contributed by atoms with Gasteiger partial charge < -0.3 is 14.8 Å². The molecular formula is C25H22N2O4S. The number of benzene rings is 3. The average molecular weight is 447 g/mol. The zero-order valence-electron chi connectivity index (χ0n) is 17.8. The van der Waals surface area contributed by atoms with E-state index in [4.69, 9.17) is 9.47 Å². The number of hydrogen-bond donors (Lipinski definition) is 1. The van der Waals surface area contributed by atoms with Gasteiger partial charge in [0.2, 0.25) is 12.7 Å². The number of anilines is 2. The van der Waals surface area contributed by atoms with Gasteiger partial charge in [-0.1, -0.05) is 18.2 Å². The maximum atomic E-state index is 12.6. The highest BCUT2D eigenvalue weighted by Crippen LogP contribution is 2.42. The standard InChI is InChI=1S/C25H22N2O4S/c1-15-3-9-20(11-16(15)2)27-23(28)13-32-25(27)17-4-7-19(8-5-17)26-24(29)18-6-10-21-22(12-18)31-14-30-21/h3-12,25H,13-14H2,1-2H3,(H,26,29)/t25-/m0/s1. The van der Waals surface area contributed by atoms with Crippen molar-refractivity contribution in [2.24, 2.45) is 0 Å². The van der Waals surface area contributed by atoms with Crippen LogP contribution in [0.4, 0.5) is 11.4 Å². The van der Waals surface area contributed by atoms with Crippen LogP contribution in [0.2, 0.25) is 0 Å². The van der Waals surface area contributed by atoms with Gasteiger partial charge in [0.15, 0.2) is 11.5 Å². The zero-order valence-corrected chi connectivity index (χ0v) is 18.6. The number of nitrogens with one attached hydrogen (secondary N) is 1. The van der Waals surface area contributed by atoms with E-state index in [1.807, 2.05) is 41.3 Å². The minimum atomic E-state index is -0.224. The lowest BCUT2D eigenvalue weighted by atomic mass is 10.1. The molecule has 0 saturated carbocycles. The third-order valence-corrected chi connectivity index (χ3v) is 6.94. The highest BCUT2D eigenvalue weighted by molar-refractivity contribution is 8.00.